The van der Waals surface area contributed by atoms with Crippen LogP contribution in [0.1, 0.15) is 18.9 Å². The second-order valence-corrected chi connectivity index (χ2v) is 4.06. The average molecular weight is 233 g/mol. The molecule has 1 N–H and O–H groups in total. The third-order valence-corrected chi connectivity index (χ3v) is 2.63. The Morgan fingerprint density at radius 1 is 1.35 bits per heavy atom. The summed E-state index contributed by atoms with van der Waals surface area (Å²) in [6, 6.07) is 5.83. The molecule has 4 heteroatoms. The summed E-state index contributed by atoms with van der Waals surface area (Å²) in [6.07, 6.45) is 0.709. The van der Waals surface area contributed by atoms with Crippen LogP contribution < -0.4 is 5.56 Å². The Hall–Kier alpha value is -1.97. The van der Waals surface area contributed by atoms with E-state index in [1.54, 1.807) is 6.07 Å². The van der Waals surface area contributed by atoms with E-state index in [9.17, 15) is 14.0 Å². The maximum atomic E-state index is 13.0. The van der Waals surface area contributed by atoms with Gasteiger partial charge in [-0.3, -0.25) is 4.79 Å². The lowest BCUT2D eigenvalue weighted by Crippen LogP contribution is -2.13. The number of nitrogens with one attached hydrogen (secondary N) is 1. The molecule has 0 aliphatic carbocycles. The topological polar surface area (TPSA) is 49.9 Å². The molecule has 0 atom stereocenters. The molecule has 1 heterocycles. The first-order valence-electron chi connectivity index (χ1n) is 5.37. The fourth-order valence-corrected chi connectivity index (χ4v) is 1.72. The minimum atomic E-state index is -0.345. The van der Waals surface area contributed by atoms with E-state index in [0.29, 0.717) is 29.3 Å². The van der Waals surface area contributed by atoms with Gasteiger partial charge in [-0.1, -0.05) is 0 Å². The van der Waals surface area contributed by atoms with Gasteiger partial charge in [-0.25, -0.2) is 4.39 Å². The maximum absolute atomic E-state index is 13.0. The van der Waals surface area contributed by atoms with E-state index in [1.807, 2.05) is 0 Å². The number of benzene rings is 1. The number of aromatic nitrogens is 1. The number of ketones is 1. The van der Waals surface area contributed by atoms with Crippen LogP contribution in [0.25, 0.3) is 10.9 Å². The Balaban J connectivity index is 2.46. The van der Waals surface area contributed by atoms with Crippen molar-refractivity contribution in [2.75, 3.05) is 0 Å². The largest absolute Gasteiger partial charge is 0.322 e. The number of carbonyl (C=O) groups is 1. The zero-order valence-corrected chi connectivity index (χ0v) is 9.42. The molecule has 0 aliphatic heterocycles. The van der Waals surface area contributed by atoms with E-state index < -0.39 is 0 Å². The van der Waals surface area contributed by atoms with E-state index in [0.717, 1.165) is 0 Å². The predicted octanol–water partition coefficient (Wildman–Crippen LogP) is 2.19. The van der Waals surface area contributed by atoms with Gasteiger partial charge >= 0.3 is 0 Å². The SMILES string of the molecule is CC(=O)CCc1cc2cc(F)ccc2[nH]c1=O. The molecule has 0 aliphatic rings. The second kappa shape index (κ2) is 4.49. The number of rotatable bonds is 3. The second-order valence-electron chi connectivity index (χ2n) is 4.06. The number of hydrogen-bond donors (Lipinski definition) is 1. The van der Waals surface area contributed by atoms with Crippen LogP contribution in [0.15, 0.2) is 29.1 Å². The maximum Gasteiger partial charge on any atom is 0.251 e. The van der Waals surface area contributed by atoms with Crippen molar-refractivity contribution >= 4 is 16.7 Å². The number of fused-ring (bicyclic) bond motifs is 1. The molecular weight excluding hydrogens is 221 g/mol. The van der Waals surface area contributed by atoms with Crippen LogP contribution in [-0.2, 0) is 11.2 Å². The monoisotopic (exact) mass is 233 g/mol. The first-order chi connectivity index (χ1) is 8.06. The van der Waals surface area contributed by atoms with E-state index in [-0.39, 0.29) is 17.2 Å². The third-order valence-electron chi connectivity index (χ3n) is 2.63. The van der Waals surface area contributed by atoms with Gasteiger partial charge in [0.2, 0.25) is 0 Å². The molecule has 3 nitrogen and oxygen atoms in total. The lowest BCUT2D eigenvalue weighted by molar-refractivity contribution is -0.116. The number of H-pyrrole nitrogens is 1. The Morgan fingerprint density at radius 3 is 2.82 bits per heavy atom. The van der Waals surface area contributed by atoms with Crippen molar-refractivity contribution in [1.29, 1.82) is 0 Å². The highest BCUT2D eigenvalue weighted by atomic mass is 19.1. The first-order valence-corrected chi connectivity index (χ1v) is 5.37. The van der Waals surface area contributed by atoms with Crippen LogP contribution >= 0.6 is 0 Å². The van der Waals surface area contributed by atoms with Crippen molar-refractivity contribution in [3.8, 4) is 0 Å². The van der Waals surface area contributed by atoms with Crippen molar-refractivity contribution in [2.24, 2.45) is 0 Å². The number of pyridine rings is 1. The highest BCUT2D eigenvalue weighted by Gasteiger charge is 2.05. The van der Waals surface area contributed by atoms with E-state index >= 15 is 0 Å². The molecule has 88 valence electrons. The quantitative estimate of drug-likeness (QED) is 0.883. The Morgan fingerprint density at radius 2 is 2.12 bits per heavy atom. The van der Waals surface area contributed by atoms with Gasteiger partial charge in [-0.15, -0.1) is 0 Å². The summed E-state index contributed by atoms with van der Waals surface area (Å²) >= 11 is 0. The Kier molecular flexibility index (Phi) is 3.04. The number of aryl methyl sites for hydroxylation is 1. The summed E-state index contributed by atoms with van der Waals surface area (Å²) < 4.78 is 13.0. The van der Waals surface area contributed by atoms with Gasteiger partial charge < -0.3 is 9.78 Å². The first kappa shape index (κ1) is 11.5. The van der Waals surface area contributed by atoms with Crippen LogP contribution in [0, 0.1) is 5.82 Å². The van der Waals surface area contributed by atoms with Crippen molar-refractivity contribution < 1.29 is 9.18 Å². The van der Waals surface area contributed by atoms with Gasteiger partial charge in [0, 0.05) is 22.9 Å². The van der Waals surface area contributed by atoms with Crippen LogP contribution in [0.3, 0.4) is 0 Å². The number of halogens is 1. The van der Waals surface area contributed by atoms with Crippen LogP contribution in [0.4, 0.5) is 4.39 Å². The van der Waals surface area contributed by atoms with Gasteiger partial charge in [0.25, 0.3) is 5.56 Å². The summed E-state index contributed by atoms with van der Waals surface area (Å²) in [5, 5.41) is 0.642. The van der Waals surface area contributed by atoms with Gasteiger partial charge in [0.05, 0.1) is 0 Å². The van der Waals surface area contributed by atoms with Gasteiger partial charge in [-0.2, -0.15) is 0 Å². The van der Waals surface area contributed by atoms with Crippen LogP contribution in [0.5, 0.6) is 0 Å². The van der Waals surface area contributed by atoms with Crippen LogP contribution in [0.2, 0.25) is 0 Å². The highest BCUT2D eigenvalue weighted by molar-refractivity contribution is 5.79. The van der Waals surface area contributed by atoms with Crippen molar-refractivity contribution in [3.05, 3.63) is 46.0 Å². The van der Waals surface area contributed by atoms with E-state index in [2.05, 4.69) is 4.98 Å². The predicted molar refractivity (Wildman–Crippen MR) is 63.5 cm³/mol. The number of carbonyl (C=O) groups excluding carboxylic acids is 1. The lowest BCUT2D eigenvalue weighted by Gasteiger charge is -2.02. The molecule has 1 aromatic carbocycles. The van der Waals surface area contributed by atoms with E-state index in [4.69, 9.17) is 0 Å². The molecule has 0 saturated carbocycles. The molecule has 1 aromatic heterocycles. The summed E-state index contributed by atoms with van der Waals surface area (Å²) in [6.45, 7) is 1.48. The normalized spacial score (nSPS) is 10.7. The zero-order chi connectivity index (χ0) is 12.4. The molecule has 0 saturated heterocycles. The fourth-order valence-electron chi connectivity index (χ4n) is 1.72. The number of aromatic amines is 1. The molecule has 0 bridgehead atoms. The zero-order valence-electron chi connectivity index (χ0n) is 9.42. The smallest absolute Gasteiger partial charge is 0.251 e. The summed E-state index contributed by atoms with van der Waals surface area (Å²) in [5.74, 6) is -0.314. The molecular formula is C13H12FNO2. The fraction of sp³-hybridized carbons (Fsp3) is 0.231. The Bertz CT molecular complexity index is 631. The molecule has 2 aromatic rings. The molecule has 0 fully saturated rings. The number of hydrogen-bond acceptors (Lipinski definition) is 2. The highest BCUT2D eigenvalue weighted by Crippen LogP contribution is 2.13. The van der Waals surface area contributed by atoms with Gasteiger partial charge in [-0.05, 0) is 37.6 Å². The molecule has 0 amide bonds. The van der Waals surface area contributed by atoms with Crippen molar-refractivity contribution in [1.82, 2.24) is 4.98 Å². The van der Waals surface area contributed by atoms with E-state index in [1.165, 1.54) is 25.1 Å². The molecule has 17 heavy (non-hydrogen) atoms. The lowest BCUT2D eigenvalue weighted by atomic mass is 10.1. The molecule has 0 unspecified atom stereocenters. The Labute approximate surface area is 97.3 Å². The minimum absolute atomic E-state index is 0.0312. The molecule has 0 spiro atoms. The third kappa shape index (κ3) is 2.58. The average Bonchev–Trinajstić information content (AvgIpc) is 2.26. The van der Waals surface area contributed by atoms with Crippen molar-refractivity contribution in [3.63, 3.8) is 0 Å². The summed E-state index contributed by atoms with van der Waals surface area (Å²) in [7, 11) is 0. The number of Topliss-reactive ketones (excluding diaryl/α,β-unsaturated/α-hetero) is 1. The van der Waals surface area contributed by atoms with Gasteiger partial charge in [0.1, 0.15) is 11.6 Å². The van der Waals surface area contributed by atoms with Gasteiger partial charge in [0.15, 0.2) is 0 Å². The minimum Gasteiger partial charge on any atom is -0.322 e. The summed E-state index contributed by atoms with van der Waals surface area (Å²) in [5.41, 5.74) is 0.895. The summed E-state index contributed by atoms with van der Waals surface area (Å²) in [4.78, 5) is 25.2. The molecule has 0 radical (unpaired) electrons. The van der Waals surface area contributed by atoms with Crippen molar-refractivity contribution in [2.45, 2.75) is 19.8 Å². The molecule has 2 rings (SSSR count). The van der Waals surface area contributed by atoms with Crippen LogP contribution in [-0.4, -0.2) is 10.8 Å². The standard InChI is InChI=1S/C13H12FNO2/c1-8(16)2-3-9-6-10-7-11(14)4-5-12(10)15-13(9)17/h4-7H,2-3H2,1H3,(H,15,17).